The maximum Gasteiger partial charge on any atom is 0.508 e. The highest BCUT2D eigenvalue weighted by Gasteiger charge is 1.96. The lowest BCUT2D eigenvalue weighted by Crippen LogP contribution is -2.05. The summed E-state index contributed by atoms with van der Waals surface area (Å²) < 4.78 is 17.3. The van der Waals surface area contributed by atoms with Crippen LogP contribution in [0.5, 0.6) is 0 Å². The number of hydrogen-bond acceptors (Lipinski definition) is 8. The average molecular weight is 346 g/mol. The molecule has 0 saturated heterocycles. The number of carbonyl (C=O) groups excluding carboxylic acids is 2. The number of methoxy groups -OCH3 is 1. The van der Waals surface area contributed by atoms with E-state index >= 15 is 0 Å². The molecule has 0 radical (unpaired) electrons. The number of carboxylic acid groups (broad SMARTS) is 4. The van der Waals surface area contributed by atoms with Crippen LogP contribution in [0.1, 0.15) is 20.8 Å². The van der Waals surface area contributed by atoms with Crippen molar-refractivity contribution in [2.24, 2.45) is 0 Å². The zero-order valence-corrected chi connectivity index (χ0v) is 13.2. The van der Waals surface area contributed by atoms with Gasteiger partial charge in [0, 0.05) is 0 Å². The van der Waals surface area contributed by atoms with Gasteiger partial charge in [0.2, 0.25) is 0 Å². The molecule has 0 atom stereocenters. The Morgan fingerprint density at radius 1 is 0.652 bits per heavy atom. The molecule has 0 aliphatic carbocycles. The SMILES string of the molecule is CCOC(=O)OC.CCOC(=O)OCC.O=C(O)O.O=C(O)O. The van der Waals surface area contributed by atoms with Gasteiger partial charge in [-0.05, 0) is 20.8 Å². The third-order valence-corrected chi connectivity index (χ3v) is 0.953. The van der Waals surface area contributed by atoms with E-state index in [0.717, 1.165) is 0 Å². The Bertz CT molecular complexity index is 286. The van der Waals surface area contributed by atoms with Crippen LogP contribution >= 0.6 is 0 Å². The van der Waals surface area contributed by atoms with Gasteiger partial charge in [0.1, 0.15) is 0 Å². The Labute approximate surface area is 132 Å². The van der Waals surface area contributed by atoms with E-state index < -0.39 is 24.6 Å². The lowest BCUT2D eigenvalue weighted by molar-refractivity contribution is 0.0629. The third kappa shape index (κ3) is 85.3. The van der Waals surface area contributed by atoms with Crippen LogP contribution in [0, 0.1) is 0 Å². The van der Waals surface area contributed by atoms with Crippen molar-refractivity contribution in [2.45, 2.75) is 20.8 Å². The second kappa shape index (κ2) is 24.1. The van der Waals surface area contributed by atoms with E-state index in [4.69, 9.17) is 30.0 Å². The molecule has 0 rings (SSSR count). The second-order valence-corrected chi connectivity index (χ2v) is 2.57. The van der Waals surface area contributed by atoms with E-state index in [0.29, 0.717) is 19.8 Å². The predicted molar refractivity (Wildman–Crippen MR) is 74.0 cm³/mol. The van der Waals surface area contributed by atoms with Crippen molar-refractivity contribution in [2.75, 3.05) is 26.9 Å². The molecule has 0 amide bonds. The standard InChI is InChI=1S/C5H10O3.C4H8O3.2CH2O3/c1-3-7-5(6)8-4-2;1-3-7-4(5)6-2;2*2-1(3)4/h3-4H2,1-2H3;3H2,1-2H3;2*(H2,2,3,4). The summed E-state index contributed by atoms with van der Waals surface area (Å²) in [5, 5.41) is 27.9. The van der Waals surface area contributed by atoms with E-state index in [1.54, 1.807) is 20.8 Å². The number of ether oxygens (including phenoxy) is 4. The highest BCUT2D eigenvalue weighted by Crippen LogP contribution is 1.81. The molecular formula is C11H22O12. The molecular weight excluding hydrogens is 324 g/mol. The average Bonchev–Trinajstić information content (AvgIpc) is 2.39. The first kappa shape index (κ1) is 28.3. The molecule has 0 aromatic carbocycles. The summed E-state index contributed by atoms with van der Waals surface area (Å²) in [5.41, 5.74) is 0. The molecule has 23 heavy (non-hydrogen) atoms. The molecule has 0 aromatic rings. The second-order valence-electron chi connectivity index (χ2n) is 2.57. The summed E-state index contributed by atoms with van der Waals surface area (Å²) in [5.74, 6) is 0. The minimum atomic E-state index is -1.83. The molecule has 0 fully saturated rings. The Hall–Kier alpha value is -2.92. The normalized spacial score (nSPS) is 7.30. The summed E-state index contributed by atoms with van der Waals surface area (Å²) in [6.45, 7) is 6.30. The number of rotatable bonds is 3. The highest BCUT2D eigenvalue weighted by atomic mass is 16.7. The molecule has 0 spiro atoms. The van der Waals surface area contributed by atoms with Crippen LogP contribution in [-0.2, 0) is 18.9 Å². The van der Waals surface area contributed by atoms with E-state index in [1.165, 1.54) is 7.11 Å². The molecule has 0 unspecified atom stereocenters. The maximum absolute atomic E-state index is 10.2. The van der Waals surface area contributed by atoms with Crippen molar-refractivity contribution in [3.63, 3.8) is 0 Å². The summed E-state index contributed by atoms with van der Waals surface area (Å²) in [4.78, 5) is 37.3. The van der Waals surface area contributed by atoms with Crippen LogP contribution < -0.4 is 0 Å². The van der Waals surface area contributed by atoms with Crippen LogP contribution in [-0.4, -0.2) is 72.0 Å². The summed E-state index contributed by atoms with van der Waals surface area (Å²) in [7, 11) is 1.28. The van der Waals surface area contributed by atoms with Crippen LogP contribution in [0.15, 0.2) is 0 Å². The largest absolute Gasteiger partial charge is 0.508 e. The van der Waals surface area contributed by atoms with Crippen molar-refractivity contribution in [3.05, 3.63) is 0 Å². The zero-order chi connectivity index (χ0) is 19.3. The lowest BCUT2D eigenvalue weighted by Gasteiger charge is -1.98. The van der Waals surface area contributed by atoms with Crippen LogP contribution in [0.3, 0.4) is 0 Å². The molecule has 12 heteroatoms. The third-order valence-electron chi connectivity index (χ3n) is 0.953. The maximum atomic E-state index is 10.2. The van der Waals surface area contributed by atoms with Gasteiger partial charge in [-0.3, -0.25) is 0 Å². The molecule has 12 nitrogen and oxygen atoms in total. The van der Waals surface area contributed by atoms with Crippen LogP contribution in [0.2, 0.25) is 0 Å². The predicted octanol–water partition coefficient (Wildman–Crippen LogP) is 2.41. The van der Waals surface area contributed by atoms with Gasteiger partial charge in [-0.15, -0.1) is 0 Å². The van der Waals surface area contributed by atoms with Gasteiger partial charge >= 0.3 is 24.6 Å². The fraction of sp³-hybridized carbons (Fsp3) is 0.636. The van der Waals surface area contributed by atoms with E-state index in [9.17, 15) is 9.59 Å². The Kier molecular flexibility index (Phi) is 29.6. The van der Waals surface area contributed by atoms with Gasteiger partial charge in [-0.25, -0.2) is 19.2 Å². The van der Waals surface area contributed by atoms with Crippen molar-refractivity contribution in [1.82, 2.24) is 0 Å². The van der Waals surface area contributed by atoms with Gasteiger partial charge in [0.15, 0.2) is 0 Å². The van der Waals surface area contributed by atoms with E-state index in [1.807, 2.05) is 0 Å². The van der Waals surface area contributed by atoms with Gasteiger partial charge in [-0.1, -0.05) is 0 Å². The van der Waals surface area contributed by atoms with Gasteiger partial charge in [0.05, 0.1) is 26.9 Å². The van der Waals surface area contributed by atoms with Crippen molar-refractivity contribution in [3.8, 4) is 0 Å². The van der Waals surface area contributed by atoms with Crippen LogP contribution in [0.25, 0.3) is 0 Å². The molecule has 0 bridgehead atoms. The first-order valence-corrected chi connectivity index (χ1v) is 5.92. The quantitative estimate of drug-likeness (QED) is 0.547. The molecule has 0 aromatic heterocycles. The highest BCUT2D eigenvalue weighted by molar-refractivity contribution is 5.59. The molecule has 4 N–H and O–H groups in total. The minimum Gasteiger partial charge on any atom is -0.450 e. The first-order valence-electron chi connectivity index (χ1n) is 5.92. The molecule has 0 saturated carbocycles. The molecule has 138 valence electrons. The lowest BCUT2D eigenvalue weighted by atomic mass is 10.8. The van der Waals surface area contributed by atoms with Crippen molar-refractivity contribution < 1.29 is 58.6 Å². The van der Waals surface area contributed by atoms with E-state index in [-0.39, 0.29) is 0 Å². The monoisotopic (exact) mass is 346 g/mol. The molecule has 0 heterocycles. The Morgan fingerprint density at radius 3 is 1.00 bits per heavy atom. The van der Waals surface area contributed by atoms with Gasteiger partial charge < -0.3 is 39.4 Å². The van der Waals surface area contributed by atoms with E-state index in [2.05, 4.69) is 18.9 Å². The summed E-state index contributed by atoms with van der Waals surface area (Å²) in [6.07, 6.45) is -4.88. The fourth-order valence-electron chi connectivity index (χ4n) is 0.454. The summed E-state index contributed by atoms with van der Waals surface area (Å²) in [6, 6.07) is 0. The van der Waals surface area contributed by atoms with Gasteiger partial charge in [-0.2, -0.15) is 0 Å². The molecule has 0 aliphatic rings. The smallest absolute Gasteiger partial charge is 0.450 e. The number of hydrogen-bond donors (Lipinski definition) is 4. The Morgan fingerprint density at radius 2 is 0.870 bits per heavy atom. The molecule has 0 aliphatic heterocycles. The summed E-state index contributed by atoms with van der Waals surface area (Å²) >= 11 is 0. The Balaban J connectivity index is -0.000000110. The topological polar surface area (TPSA) is 186 Å². The van der Waals surface area contributed by atoms with Crippen molar-refractivity contribution >= 4 is 24.6 Å². The van der Waals surface area contributed by atoms with Crippen molar-refractivity contribution in [1.29, 1.82) is 0 Å². The minimum absolute atomic E-state index is 0.368. The van der Waals surface area contributed by atoms with Crippen LogP contribution in [0.4, 0.5) is 19.2 Å². The van der Waals surface area contributed by atoms with Gasteiger partial charge in [0.25, 0.3) is 0 Å². The first-order chi connectivity index (χ1) is 10.6. The zero-order valence-electron chi connectivity index (χ0n) is 13.2. The number of carbonyl (C=O) groups is 4. The fourth-order valence-corrected chi connectivity index (χ4v) is 0.454.